The van der Waals surface area contributed by atoms with Gasteiger partial charge in [-0.15, -0.1) is 0 Å². The predicted octanol–water partition coefficient (Wildman–Crippen LogP) is 0.850. The molecule has 1 heterocycles. The van der Waals surface area contributed by atoms with Crippen LogP contribution in [0.2, 0.25) is 0 Å². The van der Waals surface area contributed by atoms with Gasteiger partial charge in [-0.2, -0.15) is 5.10 Å². The zero-order valence-electron chi connectivity index (χ0n) is 7.68. The molecule has 0 aliphatic rings. The van der Waals surface area contributed by atoms with Crippen molar-refractivity contribution >= 4 is 19.7 Å². The Morgan fingerprint density at radius 3 is 2.86 bits per heavy atom. The van der Waals surface area contributed by atoms with Crippen molar-refractivity contribution in [2.45, 2.75) is 13.5 Å². The second kappa shape index (κ2) is 4.65. The number of nitrogens with zero attached hydrogens (tertiary/aromatic N) is 2. The number of hydrogen-bond acceptors (Lipinski definition) is 4. The molecule has 14 heavy (non-hydrogen) atoms. The second-order valence-corrected chi connectivity index (χ2v) is 5.52. The minimum absolute atomic E-state index is 0.0429. The Balaban J connectivity index is 2.39. The molecule has 80 valence electrons. The Hall–Kier alpha value is -0.750. The van der Waals surface area contributed by atoms with E-state index in [1.54, 1.807) is 10.9 Å². The van der Waals surface area contributed by atoms with Gasteiger partial charge < -0.3 is 4.74 Å². The van der Waals surface area contributed by atoms with Crippen LogP contribution in [0.5, 0.6) is 5.75 Å². The maximum atomic E-state index is 10.5. The Kier molecular flexibility index (Phi) is 3.77. The van der Waals surface area contributed by atoms with Crippen molar-refractivity contribution in [1.82, 2.24) is 9.78 Å². The Morgan fingerprint density at radius 2 is 2.36 bits per heavy atom. The Bertz CT molecular complexity index is 387. The van der Waals surface area contributed by atoms with Crippen LogP contribution in [0, 0.1) is 0 Å². The van der Waals surface area contributed by atoms with E-state index in [-0.39, 0.29) is 12.4 Å². The van der Waals surface area contributed by atoms with Crippen molar-refractivity contribution < 1.29 is 13.2 Å². The van der Waals surface area contributed by atoms with E-state index < -0.39 is 9.05 Å². The van der Waals surface area contributed by atoms with Crippen LogP contribution in [0.15, 0.2) is 12.4 Å². The fourth-order valence-electron chi connectivity index (χ4n) is 0.851. The molecule has 0 atom stereocenters. The average Bonchev–Trinajstić information content (AvgIpc) is 2.50. The lowest BCUT2D eigenvalue weighted by molar-refractivity contribution is 0.341. The second-order valence-electron chi connectivity index (χ2n) is 2.62. The maximum Gasteiger partial charge on any atom is 0.235 e. The summed E-state index contributed by atoms with van der Waals surface area (Å²) in [6, 6.07) is 0. The molecule has 0 aromatic carbocycles. The SMILES string of the molecule is CCn1cc(OCCS(=O)(=O)Cl)cn1. The van der Waals surface area contributed by atoms with Crippen LogP contribution in [-0.4, -0.2) is 30.6 Å². The number of ether oxygens (including phenoxy) is 1. The van der Waals surface area contributed by atoms with Gasteiger partial charge in [0.05, 0.1) is 18.1 Å². The van der Waals surface area contributed by atoms with E-state index in [0.717, 1.165) is 6.54 Å². The summed E-state index contributed by atoms with van der Waals surface area (Å²) in [5.74, 6) is 0.346. The fraction of sp³-hybridized carbons (Fsp3) is 0.571. The van der Waals surface area contributed by atoms with Crippen LogP contribution < -0.4 is 4.74 Å². The standard InChI is InChI=1S/C7H11ClN2O3S/c1-2-10-6-7(5-9-10)13-3-4-14(8,11)12/h5-6H,2-4H2,1H3. The highest BCUT2D eigenvalue weighted by atomic mass is 35.7. The highest BCUT2D eigenvalue weighted by molar-refractivity contribution is 8.13. The first-order chi connectivity index (χ1) is 6.51. The van der Waals surface area contributed by atoms with Crippen LogP contribution in [-0.2, 0) is 15.6 Å². The molecule has 7 heteroatoms. The van der Waals surface area contributed by atoms with Crippen molar-refractivity contribution in [3.05, 3.63) is 12.4 Å². The van der Waals surface area contributed by atoms with Gasteiger partial charge in [0.15, 0.2) is 5.75 Å². The van der Waals surface area contributed by atoms with Gasteiger partial charge in [-0.3, -0.25) is 4.68 Å². The molecule has 0 spiro atoms. The van der Waals surface area contributed by atoms with Crippen molar-refractivity contribution in [3.8, 4) is 5.75 Å². The number of rotatable bonds is 5. The first-order valence-electron chi connectivity index (χ1n) is 4.09. The van der Waals surface area contributed by atoms with Crippen molar-refractivity contribution in [2.75, 3.05) is 12.4 Å². The van der Waals surface area contributed by atoms with E-state index >= 15 is 0 Å². The molecule has 0 N–H and O–H groups in total. The Labute approximate surface area is 87.0 Å². The first-order valence-corrected chi connectivity index (χ1v) is 6.56. The number of aromatic nitrogens is 2. The Morgan fingerprint density at radius 1 is 1.64 bits per heavy atom. The normalized spacial score (nSPS) is 11.6. The number of halogens is 1. The largest absolute Gasteiger partial charge is 0.489 e. The molecule has 0 bridgehead atoms. The third kappa shape index (κ3) is 3.97. The van der Waals surface area contributed by atoms with Crippen LogP contribution in [0.4, 0.5) is 0 Å². The molecule has 0 radical (unpaired) electrons. The lowest BCUT2D eigenvalue weighted by atomic mass is 10.6. The number of aryl methyl sites for hydroxylation is 1. The lowest BCUT2D eigenvalue weighted by Gasteiger charge is -1.99. The highest BCUT2D eigenvalue weighted by Gasteiger charge is 2.05. The zero-order chi connectivity index (χ0) is 10.6. The summed E-state index contributed by atoms with van der Waals surface area (Å²) < 4.78 is 27.9. The predicted molar refractivity (Wildman–Crippen MR) is 53.0 cm³/mol. The molecule has 0 aliphatic heterocycles. The number of hydrogen-bond donors (Lipinski definition) is 0. The smallest absolute Gasteiger partial charge is 0.235 e. The molecule has 1 aromatic heterocycles. The van der Waals surface area contributed by atoms with Gasteiger partial charge in [-0.05, 0) is 6.92 Å². The summed E-state index contributed by atoms with van der Waals surface area (Å²) in [4.78, 5) is 0. The molecule has 0 unspecified atom stereocenters. The van der Waals surface area contributed by atoms with E-state index in [0.29, 0.717) is 5.75 Å². The molecule has 0 aliphatic carbocycles. The van der Waals surface area contributed by atoms with E-state index in [2.05, 4.69) is 5.10 Å². The summed E-state index contributed by atoms with van der Waals surface area (Å²) in [5.41, 5.74) is 0. The average molecular weight is 239 g/mol. The molecular weight excluding hydrogens is 228 g/mol. The lowest BCUT2D eigenvalue weighted by Crippen LogP contribution is -2.08. The molecule has 0 saturated heterocycles. The first kappa shape index (κ1) is 11.3. The third-order valence-electron chi connectivity index (χ3n) is 1.53. The van der Waals surface area contributed by atoms with Gasteiger partial charge in [0, 0.05) is 17.2 Å². The summed E-state index contributed by atoms with van der Waals surface area (Å²) in [7, 11) is 1.53. The van der Waals surface area contributed by atoms with E-state index in [1.165, 1.54) is 6.20 Å². The van der Waals surface area contributed by atoms with Gasteiger partial charge in [-0.1, -0.05) is 0 Å². The molecule has 1 rings (SSSR count). The summed E-state index contributed by atoms with van der Waals surface area (Å²) in [6.45, 7) is 2.73. The van der Waals surface area contributed by atoms with Crippen LogP contribution in [0.3, 0.4) is 0 Å². The van der Waals surface area contributed by atoms with Crippen LogP contribution in [0.1, 0.15) is 6.92 Å². The maximum absolute atomic E-state index is 10.5. The molecule has 5 nitrogen and oxygen atoms in total. The summed E-state index contributed by atoms with van der Waals surface area (Å²) in [5, 5.41) is 3.96. The molecule has 0 amide bonds. The van der Waals surface area contributed by atoms with E-state index in [4.69, 9.17) is 15.4 Å². The quantitative estimate of drug-likeness (QED) is 0.714. The van der Waals surface area contributed by atoms with Gasteiger partial charge in [0.1, 0.15) is 6.61 Å². The summed E-state index contributed by atoms with van der Waals surface area (Å²) >= 11 is 0. The highest BCUT2D eigenvalue weighted by Crippen LogP contribution is 2.08. The zero-order valence-corrected chi connectivity index (χ0v) is 9.25. The van der Waals surface area contributed by atoms with Gasteiger partial charge >= 0.3 is 0 Å². The van der Waals surface area contributed by atoms with Crippen LogP contribution in [0.25, 0.3) is 0 Å². The third-order valence-corrected chi connectivity index (χ3v) is 2.65. The minimum atomic E-state index is -3.47. The van der Waals surface area contributed by atoms with Gasteiger partial charge in [-0.25, -0.2) is 8.42 Å². The van der Waals surface area contributed by atoms with E-state index in [9.17, 15) is 8.42 Å². The topological polar surface area (TPSA) is 61.2 Å². The monoisotopic (exact) mass is 238 g/mol. The molecule has 0 saturated carbocycles. The van der Waals surface area contributed by atoms with Crippen LogP contribution >= 0.6 is 10.7 Å². The summed E-state index contributed by atoms with van der Waals surface area (Å²) in [6.07, 6.45) is 3.23. The van der Waals surface area contributed by atoms with Gasteiger partial charge in [0.25, 0.3) is 0 Å². The van der Waals surface area contributed by atoms with E-state index in [1.807, 2.05) is 6.92 Å². The van der Waals surface area contributed by atoms with Crippen molar-refractivity contribution in [1.29, 1.82) is 0 Å². The molecule has 0 fully saturated rings. The van der Waals surface area contributed by atoms with Crippen molar-refractivity contribution in [3.63, 3.8) is 0 Å². The fourth-order valence-corrected chi connectivity index (χ4v) is 1.32. The van der Waals surface area contributed by atoms with Gasteiger partial charge in [0.2, 0.25) is 9.05 Å². The molecular formula is C7H11ClN2O3S. The molecule has 1 aromatic rings. The minimum Gasteiger partial charge on any atom is -0.489 e. The van der Waals surface area contributed by atoms with Crippen molar-refractivity contribution in [2.24, 2.45) is 0 Å².